The zero-order chi connectivity index (χ0) is 19.6. The van der Waals surface area contributed by atoms with E-state index in [4.69, 9.17) is 9.47 Å². The molecule has 0 atom stereocenters. The number of amides is 2. The molecule has 0 bridgehead atoms. The zero-order valence-electron chi connectivity index (χ0n) is 15.9. The second-order valence-corrected chi connectivity index (χ2v) is 7.30. The quantitative estimate of drug-likeness (QED) is 0.848. The molecule has 2 fully saturated rings. The van der Waals surface area contributed by atoms with Gasteiger partial charge in [-0.15, -0.1) is 0 Å². The topological polar surface area (TPSA) is 93.7 Å². The third-order valence-corrected chi connectivity index (χ3v) is 5.52. The van der Waals surface area contributed by atoms with E-state index in [1.54, 1.807) is 7.11 Å². The predicted molar refractivity (Wildman–Crippen MR) is 102 cm³/mol. The molecule has 2 amide bonds. The summed E-state index contributed by atoms with van der Waals surface area (Å²) in [6.45, 7) is 1.90. The summed E-state index contributed by atoms with van der Waals surface area (Å²) in [5.74, 6) is 0.483. The van der Waals surface area contributed by atoms with Gasteiger partial charge in [-0.3, -0.25) is 9.59 Å². The van der Waals surface area contributed by atoms with Gasteiger partial charge in [-0.25, -0.2) is 9.97 Å². The highest BCUT2D eigenvalue weighted by atomic mass is 16.5. The van der Waals surface area contributed by atoms with Gasteiger partial charge in [0.15, 0.2) is 0 Å². The lowest BCUT2D eigenvalue weighted by molar-refractivity contribution is -0.154. The highest BCUT2D eigenvalue weighted by Gasteiger charge is 2.39. The summed E-state index contributed by atoms with van der Waals surface area (Å²) >= 11 is 0. The Bertz CT molecular complexity index is 881. The lowest BCUT2D eigenvalue weighted by Gasteiger charge is -2.43. The van der Waals surface area contributed by atoms with Gasteiger partial charge in [0, 0.05) is 32.5 Å². The number of nitrogens with zero attached hydrogens (tertiary/aromatic N) is 3. The molecule has 3 heterocycles. The fourth-order valence-electron chi connectivity index (χ4n) is 3.80. The number of fused-ring (bicyclic) bond motifs is 1. The summed E-state index contributed by atoms with van der Waals surface area (Å²) < 4.78 is 11.1. The first-order valence-corrected chi connectivity index (χ1v) is 9.57. The number of carbonyl (C=O) groups is 2. The second kappa shape index (κ2) is 7.71. The largest absolute Gasteiger partial charge is 0.480 e. The van der Waals surface area contributed by atoms with Crippen molar-refractivity contribution >= 4 is 22.8 Å². The molecule has 0 saturated carbocycles. The van der Waals surface area contributed by atoms with Crippen molar-refractivity contribution in [3.8, 4) is 5.88 Å². The number of carbonyl (C=O) groups excluding carboxylic acids is 2. The molecule has 8 heteroatoms. The molecule has 2 aliphatic heterocycles. The molecule has 1 aromatic heterocycles. The van der Waals surface area contributed by atoms with E-state index < -0.39 is 0 Å². The molecule has 1 aromatic carbocycles. The van der Waals surface area contributed by atoms with E-state index in [-0.39, 0.29) is 24.0 Å². The molecular formula is C20H24N4O4. The van der Waals surface area contributed by atoms with Crippen LogP contribution >= 0.6 is 0 Å². The number of ether oxygens (including phenoxy) is 2. The van der Waals surface area contributed by atoms with E-state index in [0.717, 1.165) is 23.9 Å². The maximum absolute atomic E-state index is 12.7. The highest BCUT2D eigenvalue weighted by Crippen LogP contribution is 2.28. The van der Waals surface area contributed by atoms with Crippen molar-refractivity contribution in [2.75, 3.05) is 33.4 Å². The lowest BCUT2D eigenvalue weighted by Crippen LogP contribution is -2.58. The first-order chi connectivity index (χ1) is 13.6. The molecule has 4 rings (SSSR count). The zero-order valence-corrected chi connectivity index (χ0v) is 15.9. The van der Waals surface area contributed by atoms with Crippen molar-refractivity contribution in [1.82, 2.24) is 20.2 Å². The molecule has 0 radical (unpaired) electrons. The van der Waals surface area contributed by atoms with E-state index in [9.17, 15) is 9.59 Å². The molecular weight excluding hydrogens is 360 g/mol. The van der Waals surface area contributed by atoms with Crippen LogP contribution in [-0.4, -0.2) is 65.6 Å². The number of morpholine rings is 1. The summed E-state index contributed by atoms with van der Waals surface area (Å²) in [4.78, 5) is 35.0. The number of methoxy groups -OCH3 is 1. The number of likely N-dealkylation sites (tertiary alicyclic amines) is 1. The molecule has 28 heavy (non-hydrogen) atoms. The van der Waals surface area contributed by atoms with Crippen LogP contribution in [0.25, 0.3) is 11.0 Å². The van der Waals surface area contributed by atoms with Crippen molar-refractivity contribution < 1.29 is 19.1 Å². The Labute approximate surface area is 163 Å². The van der Waals surface area contributed by atoms with Crippen LogP contribution in [0.15, 0.2) is 24.3 Å². The number of aromatic nitrogens is 2. The number of rotatable bonds is 4. The van der Waals surface area contributed by atoms with Crippen LogP contribution in [0.5, 0.6) is 5.88 Å². The van der Waals surface area contributed by atoms with Crippen LogP contribution in [0.3, 0.4) is 0 Å². The van der Waals surface area contributed by atoms with Crippen LogP contribution in [0.4, 0.5) is 0 Å². The number of aryl methyl sites for hydroxylation is 1. The van der Waals surface area contributed by atoms with Crippen molar-refractivity contribution in [3.63, 3.8) is 0 Å². The Balaban J connectivity index is 1.36. The lowest BCUT2D eigenvalue weighted by atomic mass is 9.90. The molecule has 2 saturated heterocycles. The van der Waals surface area contributed by atoms with Gasteiger partial charge in [-0.1, -0.05) is 12.1 Å². The fourth-order valence-corrected chi connectivity index (χ4v) is 3.80. The van der Waals surface area contributed by atoms with Gasteiger partial charge in [0.2, 0.25) is 17.7 Å². The normalized spacial score (nSPS) is 18.9. The summed E-state index contributed by atoms with van der Waals surface area (Å²) in [6.07, 6.45) is 2.30. The summed E-state index contributed by atoms with van der Waals surface area (Å²) in [6, 6.07) is 7.61. The Kier molecular flexibility index (Phi) is 5.13. The Hall–Kier alpha value is -2.74. The fraction of sp³-hybridized carbons (Fsp3) is 0.500. The maximum atomic E-state index is 12.7. The molecule has 1 spiro atoms. The number of benzene rings is 1. The van der Waals surface area contributed by atoms with Gasteiger partial charge in [0.1, 0.15) is 12.3 Å². The molecule has 8 nitrogen and oxygen atoms in total. The average molecular weight is 384 g/mol. The number of piperidine rings is 1. The van der Waals surface area contributed by atoms with Gasteiger partial charge in [0.25, 0.3) is 0 Å². The van der Waals surface area contributed by atoms with Crippen molar-refractivity contribution in [2.24, 2.45) is 0 Å². The predicted octanol–water partition coefficient (Wildman–Crippen LogP) is 1.08. The van der Waals surface area contributed by atoms with Crippen LogP contribution < -0.4 is 10.1 Å². The van der Waals surface area contributed by atoms with E-state index in [1.807, 2.05) is 29.2 Å². The van der Waals surface area contributed by atoms with Crippen molar-refractivity contribution in [3.05, 3.63) is 30.0 Å². The number of hydrogen-bond acceptors (Lipinski definition) is 6. The van der Waals surface area contributed by atoms with Crippen LogP contribution in [0, 0.1) is 0 Å². The molecule has 0 unspecified atom stereocenters. The molecule has 2 aliphatic rings. The third-order valence-electron chi connectivity index (χ3n) is 5.52. The van der Waals surface area contributed by atoms with Crippen LogP contribution in [0.2, 0.25) is 0 Å². The molecule has 148 valence electrons. The van der Waals surface area contributed by atoms with E-state index in [0.29, 0.717) is 44.0 Å². The van der Waals surface area contributed by atoms with E-state index in [1.165, 1.54) is 0 Å². The van der Waals surface area contributed by atoms with Gasteiger partial charge in [0.05, 0.1) is 23.7 Å². The first kappa shape index (κ1) is 18.6. The minimum atomic E-state index is -0.322. The Morgan fingerprint density at radius 2 is 1.96 bits per heavy atom. The Morgan fingerprint density at radius 1 is 1.25 bits per heavy atom. The maximum Gasteiger partial charge on any atom is 0.246 e. The summed E-state index contributed by atoms with van der Waals surface area (Å²) in [5.41, 5.74) is 1.94. The number of hydrogen-bond donors (Lipinski definition) is 1. The SMILES string of the molecule is COc1nc2ccccc2nc1CCC(=O)N1CCC2(CC1)CNC(=O)CO2. The minimum absolute atomic E-state index is 0.0745. The molecule has 2 aromatic rings. The monoisotopic (exact) mass is 384 g/mol. The number of para-hydroxylation sites is 2. The van der Waals surface area contributed by atoms with Gasteiger partial charge in [-0.2, -0.15) is 0 Å². The van der Waals surface area contributed by atoms with Crippen LogP contribution in [-0.2, 0) is 20.7 Å². The first-order valence-electron chi connectivity index (χ1n) is 9.57. The average Bonchev–Trinajstić information content (AvgIpc) is 2.74. The van der Waals surface area contributed by atoms with Crippen molar-refractivity contribution in [1.29, 1.82) is 0 Å². The van der Waals surface area contributed by atoms with Crippen LogP contribution in [0.1, 0.15) is 25.0 Å². The summed E-state index contributed by atoms with van der Waals surface area (Å²) in [5, 5.41) is 2.86. The van der Waals surface area contributed by atoms with E-state index >= 15 is 0 Å². The minimum Gasteiger partial charge on any atom is -0.480 e. The Morgan fingerprint density at radius 3 is 2.61 bits per heavy atom. The van der Waals surface area contributed by atoms with E-state index in [2.05, 4.69) is 15.3 Å². The summed E-state index contributed by atoms with van der Waals surface area (Å²) in [7, 11) is 1.57. The second-order valence-electron chi connectivity index (χ2n) is 7.30. The number of nitrogens with one attached hydrogen (secondary N) is 1. The third kappa shape index (κ3) is 3.77. The standard InChI is InChI=1S/C20H24N4O4/c1-27-19-16(22-14-4-2-3-5-15(14)23-19)6-7-18(26)24-10-8-20(9-11-24)13-21-17(25)12-28-20/h2-5H,6-13H2,1H3,(H,21,25). The smallest absolute Gasteiger partial charge is 0.246 e. The van der Waals surface area contributed by atoms with Gasteiger partial charge in [-0.05, 0) is 25.0 Å². The van der Waals surface area contributed by atoms with Gasteiger partial charge < -0.3 is 19.7 Å². The highest BCUT2D eigenvalue weighted by molar-refractivity contribution is 5.78. The molecule has 1 N–H and O–H groups in total. The van der Waals surface area contributed by atoms with Gasteiger partial charge >= 0.3 is 0 Å². The molecule has 0 aliphatic carbocycles. The van der Waals surface area contributed by atoms with Crippen molar-refractivity contribution in [2.45, 2.75) is 31.3 Å².